The summed E-state index contributed by atoms with van der Waals surface area (Å²) in [5.74, 6) is 0. The lowest BCUT2D eigenvalue weighted by molar-refractivity contribution is 0.240. The van der Waals surface area contributed by atoms with E-state index in [2.05, 4.69) is 83.9 Å². The van der Waals surface area contributed by atoms with E-state index in [0.717, 1.165) is 49.1 Å². The molecule has 0 bridgehead atoms. The first-order valence-corrected chi connectivity index (χ1v) is 12.0. The molecule has 1 N–H and O–H groups in total. The fourth-order valence-corrected chi connectivity index (χ4v) is 4.73. The van der Waals surface area contributed by atoms with Crippen LogP contribution in [0.2, 0.25) is 0 Å². The third kappa shape index (κ3) is 5.13. The van der Waals surface area contributed by atoms with Gasteiger partial charge in [0.1, 0.15) is 5.58 Å². The summed E-state index contributed by atoms with van der Waals surface area (Å²) in [5, 5.41) is 4.61. The van der Waals surface area contributed by atoms with Crippen LogP contribution in [-0.4, -0.2) is 30.6 Å². The molecule has 1 aliphatic heterocycles. The van der Waals surface area contributed by atoms with Crippen LogP contribution in [-0.2, 0) is 0 Å². The zero-order chi connectivity index (χ0) is 23.3. The van der Waals surface area contributed by atoms with E-state index in [4.69, 9.17) is 4.42 Å². The second-order valence-corrected chi connectivity index (χ2v) is 9.04. The highest BCUT2D eigenvalue weighted by molar-refractivity contribution is 5.93. The smallest absolute Gasteiger partial charge is 0.338 e. The van der Waals surface area contributed by atoms with Crippen molar-refractivity contribution in [1.82, 2.24) is 4.90 Å². The van der Waals surface area contributed by atoms with E-state index in [-0.39, 0.29) is 5.63 Å². The van der Waals surface area contributed by atoms with Crippen LogP contribution >= 0.6 is 0 Å². The summed E-state index contributed by atoms with van der Waals surface area (Å²) in [6.07, 6.45) is 6.51. The summed E-state index contributed by atoms with van der Waals surface area (Å²) < 4.78 is 5.50. The maximum Gasteiger partial charge on any atom is 0.338 e. The number of benzene rings is 3. The Hall–Kier alpha value is -3.63. The van der Waals surface area contributed by atoms with Crippen molar-refractivity contribution >= 4 is 22.7 Å². The number of likely N-dealkylation sites (tertiary alicyclic amines) is 1. The van der Waals surface area contributed by atoms with Crippen molar-refractivity contribution in [2.45, 2.75) is 25.8 Å². The third-order valence-corrected chi connectivity index (χ3v) is 6.62. The second kappa shape index (κ2) is 10.1. The lowest BCUT2D eigenvalue weighted by Gasteiger charge is -2.32. The first-order valence-electron chi connectivity index (χ1n) is 12.0. The number of aryl methyl sites for hydroxylation is 1. The van der Waals surface area contributed by atoms with Crippen LogP contribution in [0.3, 0.4) is 0 Å². The molecule has 1 saturated heterocycles. The number of hydrogen-bond donors (Lipinski definition) is 1. The van der Waals surface area contributed by atoms with E-state index in [0.29, 0.717) is 11.6 Å². The molecule has 0 radical (unpaired) electrons. The molecule has 0 spiro atoms. The number of nitrogens with one attached hydrogen (secondary N) is 1. The van der Waals surface area contributed by atoms with Gasteiger partial charge < -0.3 is 9.73 Å². The van der Waals surface area contributed by atoms with Gasteiger partial charge in [0.25, 0.3) is 0 Å². The molecule has 0 aliphatic carbocycles. The molecule has 1 aromatic heterocycles. The molecule has 0 amide bonds. The van der Waals surface area contributed by atoms with E-state index >= 15 is 0 Å². The average Bonchev–Trinajstić information content (AvgIpc) is 2.86. The van der Waals surface area contributed by atoms with Crippen LogP contribution in [0.25, 0.3) is 28.2 Å². The average molecular weight is 451 g/mol. The molecule has 0 unspecified atom stereocenters. The lowest BCUT2D eigenvalue weighted by Crippen LogP contribution is -2.39. The van der Waals surface area contributed by atoms with Gasteiger partial charge in [0.05, 0.1) is 5.69 Å². The van der Waals surface area contributed by atoms with Gasteiger partial charge in [-0.15, -0.1) is 0 Å². The summed E-state index contributed by atoms with van der Waals surface area (Å²) >= 11 is 0. The van der Waals surface area contributed by atoms with Crippen molar-refractivity contribution in [1.29, 1.82) is 0 Å². The van der Waals surface area contributed by atoms with Crippen molar-refractivity contribution in [2.24, 2.45) is 0 Å². The Morgan fingerprint density at radius 2 is 1.74 bits per heavy atom. The number of anilines is 1. The molecule has 2 heterocycles. The summed E-state index contributed by atoms with van der Waals surface area (Å²) in [6, 6.07) is 26.8. The quantitative estimate of drug-likeness (QED) is 0.347. The Morgan fingerprint density at radius 1 is 0.971 bits per heavy atom. The Balaban J connectivity index is 1.28. The normalized spacial score (nSPS) is 15.2. The van der Waals surface area contributed by atoms with Crippen molar-refractivity contribution in [3.05, 3.63) is 106 Å². The maximum atomic E-state index is 12.2. The largest absolute Gasteiger partial charge is 0.423 e. The topological polar surface area (TPSA) is 45.5 Å². The number of rotatable bonds is 6. The zero-order valence-corrected chi connectivity index (χ0v) is 19.5. The Kier molecular flexibility index (Phi) is 6.59. The van der Waals surface area contributed by atoms with Gasteiger partial charge in [-0.25, -0.2) is 4.79 Å². The van der Waals surface area contributed by atoms with Crippen molar-refractivity contribution < 1.29 is 4.42 Å². The van der Waals surface area contributed by atoms with Crippen LogP contribution in [0.4, 0.5) is 5.69 Å². The Bertz CT molecular complexity index is 1350. The number of nitrogens with zero attached hydrogens (tertiary/aromatic N) is 1. The summed E-state index contributed by atoms with van der Waals surface area (Å²) in [6.45, 7) is 5.14. The Labute approximate surface area is 200 Å². The summed E-state index contributed by atoms with van der Waals surface area (Å²) in [5.41, 5.74) is 5.95. The van der Waals surface area contributed by atoms with Gasteiger partial charge in [0, 0.05) is 37.1 Å². The highest BCUT2D eigenvalue weighted by Crippen LogP contribution is 2.31. The van der Waals surface area contributed by atoms with Crippen LogP contribution in [0, 0.1) is 6.92 Å². The van der Waals surface area contributed by atoms with E-state index in [1.807, 2.05) is 18.2 Å². The third-order valence-electron chi connectivity index (χ3n) is 6.62. The molecule has 1 aliphatic rings. The van der Waals surface area contributed by atoms with Crippen LogP contribution in [0.5, 0.6) is 0 Å². The SMILES string of the molecule is Cc1ccccc1-c1ccc2oc(=O)cc(NC3CCN(C/C=C/c4ccccc4)CC3)c2c1. The fraction of sp³-hybridized carbons (Fsp3) is 0.233. The molecule has 4 aromatic rings. The minimum Gasteiger partial charge on any atom is -0.423 e. The molecule has 1 fully saturated rings. The van der Waals surface area contributed by atoms with E-state index < -0.39 is 0 Å². The fourth-order valence-electron chi connectivity index (χ4n) is 4.73. The molecular weight excluding hydrogens is 420 g/mol. The van der Waals surface area contributed by atoms with Gasteiger partial charge in [-0.05, 0) is 54.2 Å². The van der Waals surface area contributed by atoms with Gasteiger partial charge in [0.2, 0.25) is 0 Å². The number of piperidine rings is 1. The van der Waals surface area contributed by atoms with E-state index in [1.54, 1.807) is 6.07 Å². The highest BCUT2D eigenvalue weighted by Gasteiger charge is 2.19. The molecule has 0 saturated carbocycles. The zero-order valence-electron chi connectivity index (χ0n) is 19.5. The first-order chi connectivity index (χ1) is 16.7. The molecule has 5 rings (SSSR count). The minimum absolute atomic E-state index is 0.317. The summed E-state index contributed by atoms with van der Waals surface area (Å²) in [7, 11) is 0. The standard InChI is InChI=1S/C30H30N2O2/c1-22-8-5-6-12-26(22)24-13-14-29-27(20-24)28(21-30(33)34-29)31-25-15-18-32(19-16-25)17-7-11-23-9-3-2-4-10-23/h2-14,20-21,25,31H,15-19H2,1H3/b11-7+. The highest BCUT2D eigenvalue weighted by atomic mass is 16.4. The van der Waals surface area contributed by atoms with Crippen molar-refractivity contribution in [3.63, 3.8) is 0 Å². The van der Waals surface area contributed by atoms with E-state index in [9.17, 15) is 4.79 Å². The van der Waals surface area contributed by atoms with Crippen molar-refractivity contribution in [3.8, 4) is 11.1 Å². The molecular formula is C30H30N2O2. The predicted octanol–water partition coefficient (Wildman–Crippen LogP) is 6.36. The first kappa shape index (κ1) is 22.2. The Morgan fingerprint density at radius 3 is 2.53 bits per heavy atom. The number of hydrogen-bond acceptors (Lipinski definition) is 4. The van der Waals surface area contributed by atoms with Crippen LogP contribution in [0.15, 0.2) is 94.2 Å². The van der Waals surface area contributed by atoms with Gasteiger partial charge >= 0.3 is 5.63 Å². The van der Waals surface area contributed by atoms with Gasteiger partial charge in [-0.3, -0.25) is 4.90 Å². The molecule has 172 valence electrons. The predicted molar refractivity (Wildman–Crippen MR) is 141 cm³/mol. The molecule has 34 heavy (non-hydrogen) atoms. The summed E-state index contributed by atoms with van der Waals surface area (Å²) in [4.78, 5) is 14.7. The maximum absolute atomic E-state index is 12.2. The molecule has 4 heteroatoms. The second-order valence-electron chi connectivity index (χ2n) is 9.04. The lowest BCUT2D eigenvalue weighted by atomic mass is 9.98. The minimum atomic E-state index is -0.317. The van der Waals surface area contributed by atoms with Crippen LogP contribution in [0.1, 0.15) is 24.0 Å². The van der Waals surface area contributed by atoms with Crippen LogP contribution < -0.4 is 10.9 Å². The number of fused-ring (bicyclic) bond motifs is 1. The molecule has 0 atom stereocenters. The van der Waals surface area contributed by atoms with Crippen molar-refractivity contribution in [2.75, 3.05) is 25.0 Å². The van der Waals surface area contributed by atoms with Gasteiger partial charge in [0.15, 0.2) is 0 Å². The molecule has 4 nitrogen and oxygen atoms in total. The molecule has 3 aromatic carbocycles. The van der Waals surface area contributed by atoms with Gasteiger partial charge in [-0.2, -0.15) is 0 Å². The van der Waals surface area contributed by atoms with E-state index in [1.165, 1.54) is 16.7 Å². The van der Waals surface area contributed by atoms with Gasteiger partial charge in [-0.1, -0.05) is 72.8 Å². The monoisotopic (exact) mass is 450 g/mol.